The van der Waals surface area contributed by atoms with Crippen molar-refractivity contribution in [3.63, 3.8) is 0 Å². The highest BCUT2D eigenvalue weighted by Crippen LogP contribution is 2.40. The van der Waals surface area contributed by atoms with E-state index < -0.39 is 72.3 Å². The van der Waals surface area contributed by atoms with Gasteiger partial charge in [0.25, 0.3) is 17.6 Å². The molecular weight excluding hydrogens is 601 g/mol. The molecule has 1 fully saturated rings. The maximum Gasteiger partial charge on any atom is 0.338 e. The molecule has 0 spiro atoms. The Morgan fingerprint density at radius 2 is 1.46 bits per heavy atom. The van der Waals surface area contributed by atoms with Gasteiger partial charge in [-0.05, 0) is 36.4 Å². The topological polar surface area (TPSA) is 171 Å². The van der Waals surface area contributed by atoms with Crippen LogP contribution in [0.1, 0.15) is 58.1 Å². The van der Waals surface area contributed by atoms with Crippen molar-refractivity contribution in [1.29, 1.82) is 0 Å². The number of anilines is 1. The number of ketones is 1. The number of alkyl halides is 1. The number of aromatic nitrogens is 2. The molecule has 3 aromatic carbocycles. The third-order valence-corrected chi connectivity index (χ3v) is 7.36. The van der Waals surface area contributed by atoms with E-state index in [0.29, 0.717) is 11.1 Å². The first kappa shape index (κ1) is 29.9. The van der Waals surface area contributed by atoms with E-state index in [1.165, 1.54) is 36.4 Å². The Morgan fingerprint density at radius 3 is 2.04 bits per heavy atom. The first-order valence-corrected chi connectivity index (χ1v) is 13.8. The smallest absolute Gasteiger partial charge is 0.338 e. The van der Waals surface area contributed by atoms with Crippen molar-refractivity contribution in [1.82, 2.24) is 9.55 Å². The molecular formula is C32H22FN5O8. The summed E-state index contributed by atoms with van der Waals surface area (Å²) in [5.41, 5.74) is 8.84. The van der Waals surface area contributed by atoms with Gasteiger partial charge in [0.2, 0.25) is 0 Å². The monoisotopic (exact) mass is 623 g/mol. The van der Waals surface area contributed by atoms with Gasteiger partial charge in [-0.15, -0.1) is 0 Å². The van der Waals surface area contributed by atoms with Gasteiger partial charge in [0.15, 0.2) is 30.0 Å². The summed E-state index contributed by atoms with van der Waals surface area (Å²) >= 11 is 0. The number of esters is 2. The average molecular weight is 624 g/mol. The van der Waals surface area contributed by atoms with E-state index in [9.17, 15) is 24.0 Å². The molecule has 2 amide bonds. The Morgan fingerprint density at radius 1 is 0.891 bits per heavy atom. The summed E-state index contributed by atoms with van der Waals surface area (Å²) in [7, 11) is 0. The van der Waals surface area contributed by atoms with Crippen molar-refractivity contribution >= 4 is 41.6 Å². The number of fused-ring (bicyclic) bond motifs is 1. The second-order valence-corrected chi connectivity index (χ2v) is 10.1. The van der Waals surface area contributed by atoms with Crippen LogP contribution in [0.25, 0.3) is 5.53 Å². The van der Waals surface area contributed by atoms with Crippen molar-refractivity contribution in [2.45, 2.75) is 24.6 Å². The highest BCUT2D eigenvalue weighted by Gasteiger charge is 2.52. The molecule has 13 nitrogen and oxygen atoms in total. The number of imidazole rings is 1. The fourth-order valence-corrected chi connectivity index (χ4v) is 5.21. The summed E-state index contributed by atoms with van der Waals surface area (Å²) in [5.74, 6) is -4.78. The number of halogens is 1. The predicted molar refractivity (Wildman–Crippen MR) is 155 cm³/mol. The van der Waals surface area contributed by atoms with E-state index in [4.69, 9.17) is 19.7 Å². The molecule has 2 aliphatic rings. The number of carbonyl (C=O) groups is 5. The molecule has 0 N–H and O–H groups in total. The summed E-state index contributed by atoms with van der Waals surface area (Å²) in [5, 5.41) is 0. The van der Waals surface area contributed by atoms with Crippen LogP contribution in [0, 0.1) is 0 Å². The minimum Gasteiger partial charge on any atom is -0.459 e. The van der Waals surface area contributed by atoms with Crippen molar-refractivity contribution in [2.75, 3.05) is 11.5 Å². The molecule has 2 aliphatic heterocycles. The van der Waals surface area contributed by atoms with E-state index in [1.54, 1.807) is 48.5 Å². The zero-order valence-corrected chi connectivity index (χ0v) is 23.6. The first-order valence-electron chi connectivity index (χ1n) is 13.8. The van der Waals surface area contributed by atoms with E-state index in [0.717, 1.165) is 10.9 Å². The summed E-state index contributed by atoms with van der Waals surface area (Å²) in [6.07, 6.45) is -5.51. The van der Waals surface area contributed by atoms with Gasteiger partial charge in [-0.1, -0.05) is 48.5 Å². The Bertz CT molecular complexity index is 1870. The lowest BCUT2D eigenvalue weighted by Crippen LogP contribution is -2.37. The summed E-state index contributed by atoms with van der Waals surface area (Å²) in [4.78, 5) is 72.8. The quantitative estimate of drug-likeness (QED) is 0.0676. The fourth-order valence-electron chi connectivity index (χ4n) is 5.21. The van der Waals surface area contributed by atoms with E-state index in [1.807, 2.05) is 0 Å². The zero-order valence-electron chi connectivity index (χ0n) is 23.6. The van der Waals surface area contributed by atoms with Crippen molar-refractivity contribution in [2.24, 2.45) is 0 Å². The lowest BCUT2D eigenvalue weighted by Gasteiger charge is -2.22. The number of hydrogen-bond acceptors (Lipinski definition) is 9. The molecule has 4 atom stereocenters. The molecule has 0 bridgehead atoms. The Hall–Kier alpha value is -6.11. The Labute approximate surface area is 259 Å². The lowest BCUT2D eigenvalue weighted by molar-refractivity contribution is -0.0575. The Kier molecular flexibility index (Phi) is 8.12. The van der Waals surface area contributed by atoms with E-state index >= 15 is 4.39 Å². The minimum absolute atomic E-state index is 0.0268. The van der Waals surface area contributed by atoms with Crippen LogP contribution in [0.4, 0.5) is 10.2 Å². The lowest BCUT2D eigenvalue weighted by atomic mass is 10.1. The minimum atomic E-state index is -2.19. The standard InChI is InChI=1S/C32H22FN5O8/c33-24-26(46-32(43)19-11-5-2-6-12-19)23(16-44-31(42)18-9-3-1-4-10-18)45-30(24)37-17-35-25(22(39)15-36-34)27(37)38-28(40)20-13-7-8-14-21(20)29(38)41/h1-15,17,23-24,26,30H,16H2/t23-,24+,26-,30-/m1/s1. The van der Waals surface area contributed by atoms with Gasteiger partial charge >= 0.3 is 18.2 Å². The van der Waals surface area contributed by atoms with Gasteiger partial charge in [0.1, 0.15) is 12.7 Å². The highest BCUT2D eigenvalue weighted by atomic mass is 19.1. The second-order valence-electron chi connectivity index (χ2n) is 10.1. The molecule has 0 aliphatic carbocycles. The molecule has 0 radical (unpaired) electrons. The number of ether oxygens (including phenoxy) is 3. The van der Waals surface area contributed by atoms with Gasteiger partial charge in [0.05, 0.1) is 28.6 Å². The average Bonchev–Trinajstić information content (AvgIpc) is 3.72. The Balaban J connectivity index is 1.37. The molecule has 1 saturated heterocycles. The highest BCUT2D eigenvalue weighted by molar-refractivity contribution is 6.39. The maximum atomic E-state index is 16.5. The van der Waals surface area contributed by atoms with Crippen LogP contribution in [0.15, 0.2) is 91.3 Å². The molecule has 4 aromatic rings. The molecule has 0 saturated carbocycles. The third kappa shape index (κ3) is 5.38. The van der Waals surface area contributed by atoms with Gasteiger partial charge in [-0.25, -0.2) is 23.9 Å². The van der Waals surface area contributed by atoms with Crippen LogP contribution in [0.5, 0.6) is 0 Å². The van der Waals surface area contributed by atoms with Gasteiger partial charge in [0, 0.05) is 0 Å². The normalized spacial score (nSPS) is 20.2. The summed E-state index contributed by atoms with van der Waals surface area (Å²) in [6.45, 7) is -0.558. The number of hydrogen-bond donors (Lipinski definition) is 0. The molecule has 230 valence electrons. The third-order valence-electron chi connectivity index (χ3n) is 7.36. The number of amides is 2. The number of imide groups is 1. The van der Waals surface area contributed by atoms with Crippen LogP contribution in [-0.2, 0) is 14.2 Å². The number of benzene rings is 3. The van der Waals surface area contributed by atoms with Gasteiger partial charge < -0.3 is 19.7 Å². The molecule has 46 heavy (non-hydrogen) atoms. The molecule has 0 unspecified atom stereocenters. The van der Waals surface area contributed by atoms with Crippen molar-refractivity contribution < 1.29 is 47.4 Å². The maximum absolute atomic E-state index is 16.5. The van der Waals surface area contributed by atoms with E-state index in [2.05, 4.69) is 9.77 Å². The number of nitrogens with zero attached hydrogens (tertiary/aromatic N) is 5. The number of Topliss-reactive ketones (excluding diaryl/α,β-unsaturated/α-hetero) is 1. The molecule has 14 heteroatoms. The van der Waals surface area contributed by atoms with Crippen LogP contribution >= 0.6 is 0 Å². The molecule has 1 aromatic heterocycles. The molecule has 6 rings (SSSR count). The van der Waals surface area contributed by atoms with Crippen LogP contribution in [0.2, 0.25) is 0 Å². The van der Waals surface area contributed by atoms with Crippen LogP contribution in [-0.4, -0.2) is 75.1 Å². The predicted octanol–water partition coefficient (Wildman–Crippen LogP) is 3.49. The summed E-state index contributed by atoms with van der Waals surface area (Å²) < 4.78 is 34.3. The van der Waals surface area contributed by atoms with Gasteiger partial charge in [-0.2, -0.15) is 4.79 Å². The van der Waals surface area contributed by atoms with Crippen molar-refractivity contribution in [3.8, 4) is 0 Å². The summed E-state index contributed by atoms with van der Waals surface area (Å²) in [6, 6.07) is 21.7. The van der Waals surface area contributed by atoms with Gasteiger partial charge in [-0.3, -0.25) is 19.0 Å². The van der Waals surface area contributed by atoms with Crippen LogP contribution in [0.3, 0.4) is 0 Å². The second kappa shape index (κ2) is 12.5. The largest absolute Gasteiger partial charge is 0.459 e. The molecule has 3 heterocycles. The van der Waals surface area contributed by atoms with Crippen LogP contribution < -0.4 is 4.90 Å². The number of carbonyl (C=O) groups excluding carboxylic acids is 5. The zero-order chi connectivity index (χ0) is 32.4. The van der Waals surface area contributed by atoms with E-state index in [-0.39, 0.29) is 22.3 Å². The fraction of sp³-hybridized carbons (Fsp3) is 0.156. The number of rotatable bonds is 9. The first-order chi connectivity index (χ1) is 22.3. The van der Waals surface area contributed by atoms with Crippen molar-refractivity contribution in [3.05, 3.63) is 125 Å². The SMILES string of the molecule is [N-]=[N+]=CC(=O)c1ncn([C@@H]2O[C@H](COC(=O)c3ccccc3)[C@@H](OC(=O)c3ccccc3)[C@@H]2F)c1N1C(=O)c2ccccc2C1=O.